The SMILES string of the molecule is CN=C(NCc1nc(C)c(C)o1)NCC1CCCN(C)C1. The number of likely N-dealkylation sites (tertiary alicyclic amines) is 1. The average Bonchev–Trinajstić information content (AvgIpc) is 2.78. The summed E-state index contributed by atoms with van der Waals surface area (Å²) in [6.45, 7) is 7.76. The van der Waals surface area contributed by atoms with Crippen LogP contribution in [0, 0.1) is 19.8 Å². The smallest absolute Gasteiger partial charge is 0.214 e. The highest BCUT2D eigenvalue weighted by molar-refractivity contribution is 5.79. The summed E-state index contributed by atoms with van der Waals surface area (Å²) < 4.78 is 5.55. The Balaban J connectivity index is 1.75. The first-order valence-electron chi connectivity index (χ1n) is 7.64. The minimum absolute atomic E-state index is 0.554. The number of aryl methyl sites for hydroxylation is 2. The Bertz CT molecular complexity index is 463. The van der Waals surface area contributed by atoms with Crippen molar-refractivity contribution in [3.63, 3.8) is 0 Å². The van der Waals surface area contributed by atoms with E-state index in [1.807, 2.05) is 13.8 Å². The molecule has 0 saturated carbocycles. The van der Waals surface area contributed by atoms with Gasteiger partial charge in [0.15, 0.2) is 5.96 Å². The molecule has 0 radical (unpaired) electrons. The Labute approximate surface area is 127 Å². The quantitative estimate of drug-likeness (QED) is 0.647. The molecule has 2 heterocycles. The van der Waals surface area contributed by atoms with Crippen molar-refractivity contribution in [1.82, 2.24) is 20.5 Å². The third-order valence-corrected chi connectivity index (χ3v) is 3.98. The fraction of sp³-hybridized carbons (Fsp3) is 0.733. The summed E-state index contributed by atoms with van der Waals surface area (Å²) in [4.78, 5) is 11.0. The van der Waals surface area contributed by atoms with Crippen LogP contribution in [0.4, 0.5) is 0 Å². The molecule has 2 rings (SSSR count). The molecular formula is C15H27N5O. The lowest BCUT2D eigenvalue weighted by Gasteiger charge is -2.30. The van der Waals surface area contributed by atoms with Crippen molar-refractivity contribution < 1.29 is 4.42 Å². The molecule has 1 aromatic heterocycles. The van der Waals surface area contributed by atoms with Crippen LogP contribution in [0.15, 0.2) is 9.41 Å². The molecule has 2 N–H and O–H groups in total. The van der Waals surface area contributed by atoms with Gasteiger partial charge in [-0.3, -0.25) is 4.99 Å². The standard InChI is InChI=1S/C15H27N5O/c1-11-12(2)21-14(19-11)9-18-15(16-3)17-8-13-6-5-7-20(4)10-13/h13H,5-10H2,1-4H3,(H2,16,17,18). The first-order chi connectivity index (χ1) is 10.1. The van der Waals surface area contributed by atoms with E-state index >= 15 is 0 Å². The second kappa shape index (κ2) is 7.45. The summed E-state index contributed by atoms with van der Waals surface area (Å²) in [6.07, 6.45) is 2.57. The molecule has 1 unspecified atom stereocenters. The van der Waals surface area contributed by atoms with Crippen LogP contribution in [-0.2, 0) is 6.54 Å². The lowest BCUT2D eigenvalue weighted by molar-refractivity contribution is 0.210. The van der Waals surface area contributed by atoms with Crippen molar-refractivity contribution in [3.8, 4) is 0 Å². The average molecular weight is 293 g/mol. The van der Waals surface area contributed by atoms with E-state index in [1.165, 1.54) is 19.4 Å². The highest BCUT2D eigenvalue weighted by atomic mass is 16.4. The number of hydrogen-bond acceptors (Lipinski definition) is 4. The summed E-state index contributed by atoms with van der Waals surface area (Å²) in [7, 11) is 3.97. The molecule has 0 bridgehead atoms. The Morgan fingerprint density at radius 3 is 2.86 bits per heavy atom. The fourth-order valence-electron chi connectivity index (χ4n) is 2.68. The highest BCUT2D eigenvalue weighted by Gasteiger charge is 2.17. The van der Waals surface area contributed by atoms with Crippen molar-refractivity contribution >= 4 is 5.96 Å². The summed E-state index contributed by atoms with van der Waals surface area (Å²) in [5.74, 6) is 3.07. The van der Waals surface area contributed by atoms with Gasteiger partial charge in [-0.1, -0.05) is 0 Å². The summed E-state index contributed by atoms with van der Waals surface area (Å²) in [5.41, 5.74) is 0.944. The maximum absolute atomic E-state index is 5.55. The number of aromatic nitrogens is 1. The topological polar surface area (TPSA) is 65.7 Å². The van der Waals surface area contributed by atoms with Gasteiger partial charge in [0.2, 0.25) is 5.89 Å². The number of piperidine rings is 1. The highest BCUT2D eigenvalue weighted by Crippen LogP contribution is 2.13. The van der Waals surface area contributed by atoms with E-state index in [9.17, 15) is 0 Å². The number of nitrogens with zero attached hydrogens (tertiary/aromatic N) is 3. The zero-order chi connectivity index (χ0) is 15.2. The minimum Gasteiger partial charge on any atom is -0.444 e. The Morgan fingerprint density at radius 1 is 1.43 bits per heavy atom. The third-order valence-electron chi connectivity index (χ3n) is 3.98. The Morgan fingerprint density at radius 2 is 2.24 bits per heavy atom. The van der Waals surface area contributed by atoms with Gasteiger partial charge in [-0.05, 0) is 46.2 Å². The normalized spacial score (nSPS) is 20.6. The lowest BCUT2D eigenvalue weighted by atomic mass is 9.99. The molecule has 6 heteroatoms. The molecule has 1 aromatic rings. The van der Waals surface area contributed by atoms with E-state index < -0.39 is 0 Å². The molecule has 0 amide bonds. The first kappa shape index (κ1) is 15.8. The zero-order valence-corrected chi connectivity index (χ0v) is 13.6. The van der Waals surface area contributed by atoms with Gasteiger partial charge < -0.3 is 20.0 Å². The van der Waals surface area contributed by atoms with Gasteiger partial charge in [0.1, 0.15) is 5.76 Å². The molecule has 1 aliphatic heterocycles. The van der Waals surface area contributed by atoms with Gasteiger partial charge in [-0.25, -0.2) is 4.98 Å². The fourth-order valence-corrected chi connectivity index (χ4v) is 2.68. The molecular weight excluding hydrogens is 266 g/mol. The Hall–Kier alpha value is -1.56. The van der Waals surface area contributed by atoms with E-state index in [0.29, 0.717) is 18.4 Å². The van der Waals surface area contributed by atoms with Crippen LogP contribution in [0.3, 0.4) is 0 Å². The third kappa shape index (κ3) is 4.74. The Kier molecular flexibility index (Phi) is 5.61. The van der Waals surface area contributed by atoms with Crippen molar-refractivity contribution in [1.29, 1.82) is 0 Å². The predicted molar refractivity (Wildman–Crippen MR) is 84.4 cm³/mol. The van der Waals surface area contributed by atoms with Gasteiger partial charge in [-0.15, -0.1) is 0 Å². The minimum atomic E-state index is 0.554. The van der Waals surface area contributed by atoms with Gasteiger partial charge in [-0.2, -0.15) is 0 Å². The lowest BCUT2D eigenvalue weighted by Crippen LogP contribution is -2.43. The molecule has 118 valence electrons. The molecule has 0 aromatic carbocycles. The van der Waals surface area contributed by atoms with E-state index in [4.69, 9.17) is 4.42 Å². The summed E-state index contributed by atoms with van der Waals surface area (Å²) >= 11 is 0. The number of rotatable bonds is 4. The van der Waals surface area contributed by atoms with Crippen LogP contribution >= 0.6 is 0 Å². The molecule has 1 saturated heterocycles. The number of hydrogen-bond donors (Lipinski definition) is 2. The summed E-state index contributed by atoms with van der Waals surface area (Å²) in [6, 6.07) is 0. The summed E-state index contributed by atoms with van der Waals surface area (Å²) in [5, 5.41) is 6.64. The molecule has 0 spiro atoms. The van der Waals surface area contributed by atoms with Gasteiger partial charge >= 0.3 is 0 Å². The van der Waals surface area contributed by atoms with Crippen LogP contribution in [0.25, 0.3) is 0 Å². The predicted octanol–water partition coefficient (Wildman–Crippen LogP) is 1.30. The number of guanidine groups is 1. The van der Waals surface area contributed by atoms with Crippen molar-refractivity contribution in [3.05, 3.63) is 17.3 Å². The van der Waals surface area contributed by atoms with E-state index in [-0.39, 0.29) is 0 Å². The molecule has 21 heavy (non-hydrogen) atoms. The molecule has 1 atom stereocenters. The number of nitrogens with one attached hydrogen (secondary N) is 2. The molecule has 1 aliphatic rings. The second-order valence-corrected chi connectivity index (χ2v) is 5.83. The van der Waals surface area contributed by atoms with Crippen LogP contribution in [0.5, 0.6) is 0 Å². The van der Waals surface area contributed by atoms with Gasteiger partial charge in [0.05, 0.1) is 12.2 Å². The molecule has 1 fully saturated rings. The largest absolute Gasteiger partial charge is 0.444 e. The van der Waals surface area contributed by atoms with Gasteiger partial charge in [0, 0.05) is 20.1 Å². The molecule has 6 nitrogen and oxygen atoms in total. The number of aliphatic imine (C=N–C) groups is 1. The van der Waals surface area contributed by atoms with Crippen LogP contribution in [-0.4, -0.2) is 49.6 Å². The number of oxazole rings is 1. The van der Waals surface area contributed by atoms with Crippen LogP contribution in [0.2, 0.25) is 0 Å². The van der Waals surface area contributed by atoms with E-state index in [1.54, 1.807) is 7.05 Å². The van der Waals surface area contributed by atoms with E-state index in [2.05, 4.69) is 32.6 Å². The van der Waals surface area contributed by atoms with Crippen molar-refractivity contribution in [2.75, 3.05) is 33.7 Å². The monoisotopic (exact) mass is 293 g/mol. The maximum atomic E-state index is 5.55. The van der Waals surface area contributed by atoms with Gasteiger partial charge in [0.25, 0.3) is 0 Å². The van der Waals surface area contributed by atoms with E-state index in [0.717, 1.165) is 30.5 Å². The second-order valence-electron chi connectivity index (χ2n) is 5.83. The zero-order valence-electron chi connectivity index (χ0n) is 13.6. The molecule has 0 aliphatic carbocycles. The first-order valence-corrected chi connectivity index (χ1v) is 7.64. The van der Waals surface area contributed by atoms with Crippen LogP contribution < -0.4 is 10.6 Å². The van der Waals surface area contributed by atoms with Crippen LogP contribution in [0.1, 0.15) is 30.2 Å². The maximum Gasteiger partial charge on any atom is 0.214 e. The van der Waals surface area contributed by atoms with Crippen molar-refractivity contribution in [2.45, 2.75) is 33.2 Å². The van der Waals surface area contributed by atoms with Crippen molar-refractivity contribution in [2.24, 2.45) is 10.9 Å².